The molecule has 2 N–H and O–H groups in total. The van der Waals surface area contributed by atoms with Gasteiger partial charge in [-0.15, -0.1) is 0 Å². The second-order valence-corrected chi connectivity index (χ2v) is 9.35. The number of rotatable bonds is 5. The van der Waals surface area contributed by atoms with Crippen LogP contribution in [0.1, 0.15) is 41.4 Å². The van der Waals surface area contributed by atoms with Crippen molar-refractivity contribution in [2.75, 3.05) is 25.4 Å². The molecule has 1 aromatic heterocycles. The third-order valence-corrected chi connectivity index (χ3v) is 7.33. The van der Waals surface area contributed by atoms with E-state index in [-0.39, 0.29) is 11.7 Å². The van der Waals surface area contributed by atoms with Crippen molar-refractivity contribution in [1.29, 1.82) is 0 Å². The maximum absolute atomic E-state index is 12.5. The quantitative estimate of drug-likeness (QED) is 0.840. The highest BCUT2D eigenvalue weighted by atomic mass is 32.2. The molecule has 1 saturated heterocycles. The van der Waals surface area contributed by atoms with Crippen LogP contribution in [0, 0.1) is 19.8 Å². The zero-order valence-electron chi connectivity index (χ0n) is 15.6. The molecule has 0 atom stereocenters. The Balaban J connectivity index is 1.57. The molecule has 0 bridgehead atoms. The smallest absolute Gasteiger partial charge is 0.251 e. The summed E-state index contributed by atoms with van der Waals surface area (Å²) >= 11 is 0. The van der Waals surface area contributed by atoms with Crippen LogP contribution in [0.4, 0.5) is 0 Å². The van der Waals surface area contributed by atoms with E-state index >= 15 is 0 Å². The number of nitrogens with one attached hydrogen (secondary N) is 2. The van der Waals surface area contributed by atoms with E-state index in [1.165, 1.54) is 5.56 Å². The van der Waals surface area contributed by atoms with Crippen molar-refractivity contribution in [3.05, 3.63) is 35.0 Å². The maximum atomic E-state index is 12.5. The highest BCUT2D eigenvalue weighted by Gasteiger charge is 2.26. The summed E-state index contributed by atoms with van der Waals surface area (Å²) in [4.78, 5) is 15.8. The Morgan fingerprint density at radius 2 is 1.96 bits per heavy atom. The third kappa shape index (κ3) is 3.78. The maximum Gasteiger partial charge on any atom is 0.251 e. The highest BCUT2D eigenvalue weighted by Crippen LogP contribution is 2.23. The summed E-state index contributed by atoms with van der Waals surface area (Å²) in [7, 11) is -3.10. The van der Waals surface area contributed by atoms with Gasteiger partial charge >= 0.3 is 0 Å². The Bertz CT molecular complexity index is 909. The average Bonchev–Trinajstić information content (AvgIpc) is 2.93. The Hall–Kier alpha value is -1.86. The van der Waals surface area contributed by atoms with E-state index in [0.29, 0.717) is 31.1 Å². The number of amides is 1. The molecule has 1 fully saturated rings. The fourth-order valence-electron chi connectivity index (χ4n) is 3.52. The van der Waals surface area contributed by atoms with Crippen molar-refractivity contribution in [3.8, 4) is 0 Å². The molecule has 0 aliphatic carbocycles. The summed E-state index contributed by atoms with van der Waals surface area (Å²) in [6, 6.07) is 5.71. The molecule has 3 rings (SSSR count). The molecule has 26 heavy (non-hydrogen) atoms. The number of hydrogen-bond acceptors (Lipinski definition) is 3. The first-order valence-corrected chi connectivity index (χ1v) is 10.8. The summed E-state index contributed by atoms with van der Waals surface area (Å²) in [5.41, 5.74) is 3.98. The number of sulfonamides is 1. The number of aromatic amines is 1. The third-order valence-electron chi connectivity index (χ3n) is 5.45. The van der Waals surface area contributed by atoms with Crippen molar-refractivity contribution < 1.29 is 13.2 Å². The van der Waals surface area contributed by atoms with Gasteiger partial charge in [-0.1, -0.05) is 0 Å². The Morgan fingerprint density at radius 1 is 1.27 bits per heavy atom. The number of carbonyl (C=O) groups excluding carboxylic acids is 1. The highest BCUT2D eigenvalue weighted by molar-refractivity contribution is 7.89. The summed E-state index contributed by atoms with van der Waals surface area (Å²) in [6.07, 6.45) is 1.57. The van der Waals surface area contributed by atoms with Crippen LogP contribution in [0.2, 0.25) is 0 Å². The number of hydrogen-bond donors (Lipinski definition) is 2. The van der Waals surface area contributed by atoms with Crippen LogP contribution in [0.25, 0.3) is 10.9 Å². The van der Waals surface area contributed by atoms with Crippen LogP contribution in [-0.2, 0) is 10.0 Å². The number of carbonyl (C=O) groups is 1. The molecule has 0 radical (unpaired) electrons. The summed E-state index contributed by atoms with van der Waals surface area (Å²) < 4.78 is 25.4. The van der Waals surface area contributed by atoms with Crippen LogP contribution in [0.15, 0.2) is 18.2 Å². The molecule has 0 spiro atoms. The molecular formula is C19H27N3O3S. The van der Waals surface area contributed by atoms with E-state index in [1.807, 2.05) is 32.0 Å². The lowest BCUT2D eigenvalue weighted by molar-refractivity contribution is 0.0941. The van der Waals surface area contributed by atoms with Crippen molar-refractivity contribution >= 4 is 26.8 Å². The van der Waals surface area contributed by atoms with Gasteiger partial charge in [0.1, 0.15) is 0 Å². The largest absolute Gasteiger partial charge is 0.358 e. The number of benzene rings is 1. The fourth-order valence-corrected chi connectivity index (χ4v) is 4.65. The van der Waals surface area contributed by atoms with Gasteiger partial charge in [-0.25, -0.2) is 12.7 Å². The molecule has 142 valence electrons. The first-order valence-electron chi connectivity index (χ1n) is 9.16. The summed E-state index contributed by atoms with van der Waals surface area (Å²) in [6.45, 7) is 7.43. The molecular weight excluding hydrogens is 350 g/mol. The van der Waals surface area contributed by atoms with Gasteiger partial charge in [-0.2, -0.15) is 0 Å². The molecule has 2 heterocycles. The van der Waals surface area contributed by atoms with E-state index in [2.05, 4.69) is 10.3 Å². The van der Waals surface area contributed by atoms with Gasteiger partial charge in [0.25, 0.3) is 5.91 Å². The number of piperidine rings is 1. The van der Waals surface area contributed by atoms with Crippen molar-refractivity contribution in [2.45, 2.75) is 33.6 Å². The molecule has 1 aliphatic rings. The molecule has 0 unspecified atom stereocenters. The van der Waals surface area contributed by atoms with Crippen LogP contribution in [0.5, 0.6) is 0 Å². The monoisotopic (exact) mass is 377 g/mol. The van der Waals surface area contributed by atoms with Crippen LogP contribution in [0.3, 0.4) is 0 Å². The molecule has 1 aliphatic heterocycles. The van der Waals surface area contributed by atoms with Gasteiger partial charge in [0.05, 0.1) is 5.75 Å². The zero-order chi connectivity index (χ0) is 18.9. The van der Waals surface area contributed by atoms with Crippen LogP contribution >= 0.6 is 0 Å². The van der Waals surface area contributed by atoms with E-state index in [1.54, 1.807) is 11.2 Å². The lowest BCUT2D eigenvalue weighted by atomic mass is 9.98. The minimum absolute atomic E-state index is 0.0752. The van der Waals surface area contributed by atoms with Gasteiger partial charge < -0.3 is 10.3 Å². The number of nitrogens with zero attached hydrogens (tertiary/aromatic N) is 1. The minimum atomic E-state index is -3.10. The SMILES string of the molecule is CCS(=O)(=O)N1CCC(CNC(=O)c2ccc3[nH]c(C)c(C)c3c2)CC1. The standard InChI is InChI=1S/C19H27N3O3S/c1-4-26(24,25)22-9-7-15(8-10-22)12-20-19(23)16-5-6-18-17(11-16)13(2)14(3)21-18/h5-6,11,15,21H,4,7-10,12H2,1-3H3,(H,20,23). The Morgan fingerprint density at radius 3 is 2.62 bits per heavy atom. The predicted octanol–water partition coefficient (Wildman–Crippen LogP) is 2.58. The van der Waals surface area contributed by atoms with Gasteiger partial charge in [-0.05, 0) is 63.3 Å². The van der Waals surface area contributed by atoms with E-state index in [4.69, 9.17) is 0 Å². The summed E-state index contributed by atoms with van der Waals surface area (Å²) in [5, 5.41) is 4.09. The first-order chi connectivity index (χ1) is 12.3. The number of H-pyrrole nitrogens is 1. The normalized spacial score (nSPS) is 16.9. The Kier molecular flexibility index (Phi) is 5.39. The fraction of sp³-hybridized carbons (Fsp3) is 0.526. The van der Waals surface area contributed by atoms with Crippen LogP contribution < -0.4 is 5.32 Å². The Labute approximate surface area is 155 Å². The first kappa shape index (κ1) is 18.9. The molecule has 7 heteroatoms. The van der Waals surface area contributed by atoms with Crippen molar-refractivity contribution in [3.63, 3.8) is 0 Å². The van der Waals surface area contributed by atoms with E-state index in [9.17, 15) is 13.2 Å². The molecule has 0 saturated carbocycles. The molecule has 6 nitrogen and oxygen atoms in total. The predicted molar refractivity (Wildman–Crippen MR) is 104 cm³/mol. The second-order valence-electron chi connectivity index (χ2n) is 7.09. The lowest BCUT2D eigenvalue weighted by Crippen LogP contribution is -2.42. The van der Waals surface area contributed by atoms with Gasteiger partial charge in [0.15, 0.2) is 0 Å². The van der Waals surface area contributed by atoms with E-state index < -0.39 is 10.0 Å². The topological polar surface area (TPSA) is 82.3 Å². The van der Waals surface area contributed by atoms with Crippen molar-refractivity contribution in [1.82, 2.24) is 14.6 Å². The number of aromatic nitrogens is 1. The second kappa shape index (κ2) is 7.40. The molecule has 1 amide bonds. The molecule has 1 aromatic carbocycles. The molecule has 2 aromatic rings. The summed E-state index contributed by atoms with van der Waals surface area (Å²) in [5.74, 6) is 0.394. The average molecular weight is 378 g/mol. The van der Waals surface area contributed by atoms with Gasteiger partial charge in [0, 0.05) is 41.8 Å². The zero-order valence-corrected chi connectivity index (χ0v) is 16.4. The lowest BCUT2D eigenvalue weighted by Gasteiger charge is -2.31. The number of fused-ring (bicyclic) bond motifs is 1. The van der Waals surface area contributed by atoms with Crippen molar-refractivity contribution in [2.24, 2.45) is 5.92 Å². The number of aryl methyl sites for hydroxylation is 2. The minimum Gasteiger partial charge on any atom is -0.358 e. The van der Waals surface area contributed by atoms with Gasteiger partial charge in [-0.3, -0.25) is 4.79 Å². The van der Waals surface area contributed by atoms with E-state index in [0.717, 1.165) is 29.4 Å². The van der Waals surface area contributed by atoms with Crippen LogP contribution in [-0.4, -0.2) is 49.0 Å². The van der Waals surface area contributed by atoms with Gasteiger partial charge in [0.2, 0.25) is 10.0 Å².